The van der Waals surface area contributed by atoms with Gasteiger partial charge in [-0.15, -0.1) is 0 Å². The number of hydrogen-bond acceptors (Lipinski definition) is 4. The number of hydrogen-bond donors (Lipinski definition) is 1. The Bertz CT molecular complexity index is 539. The topological polar surface area (TPSA) is 84.5 Å². The highest BCUT2D eigenvalue weighted by atomic mass is 16.2. The van der Waals surface area contributed by atoms with Gasteiger partial charge in [0.15, 0.2) is 5.69 Å². The maximum Gasteiger partial charge on any atom is 0.274 e. The maximum atomic E-state index is 12.6. The fourth-order valence-electron chi connectivity index (χ4n) is 2.64. The molecule has 7 nitrogen and oxygen atoms in total. The van der Waals surface area contributed by atoms with E-state index < -0.39 is 0 Å². The predicted octanol–water partition coefficient (Wildman–Crippen LogP) is -0.299. The highest BCUT2D eigenvalue weighted by molar-refractivity contribution is 5.93. The molecule has 1 aliphatic rings. The fraction of sp³-hybridized carbons (Fsp3) is 0.643. The van der Waals surface area contributed by atoms with E-state index >= 15 is 0 Å². The minimum atomic E-state index is -0.364. The summed E-state index contributed by atoms with van der Waals surface area (Å²) in [6.07, 6.45) is 0. The van der Waals surface area contributed by atoms with Crippen LogP contribution in [0.2, 0.25) is 0 Å². The van der Waals surface area contributed by atoms with E-state index in [1.54, 1.807) is 15.6 Å². The Morgan fingerprint density at radius 1 is 1.38 bits per heavy atom. The van der Waals surface area contributed by atoms with Crippen LogP contribution in [0.4, 0.5) is 0 Å². The lowest BCUT2D eigenvalue weighted by atomic mass is 10.1. The molecule has 2 N–H and O–H groups in total. The van der Waals surface area contributed by atoms with Crippen molar-refractivity contribution in [3.8, 4) is 0 Å². The normalized spacial score (nSPS) is 20.3. The second-order valence-corrected chi connectivity index (χ2v) is 5.60. The Morgan fingerprint density at radius 3 is 2.67 bits per heavy atom. The average molecular weight is 293 g/mol. The molecule has 0 saturated carbocycles. The fourth-order valence-corrected chi connectivity index (χ4v) is 2.64. The molecule has 2 amide bonds. The smallest absolute Gasteiger partial charge is 0.274 e. The second-order valence-electron chi connectivity index (χ2n) is 5.60. The standard InChI is InChI=1S/C14H23N5O2/c1-4-19-10(2)7-12(16-19)14(21)18-6-5-17(3)8-11(9-18)13(15)20/h7,11H,4-6,8-9H2,1-3H3,(H2,15,20)/t11-/m0/s1. The third kappa shape index (κ3) is 3.41. The molecule has 1 fully saturated rings. The number of carbonyl (C=O) groups is 2. The summed E-state index contributed by atoms with van der Waals surface area (Å²) in [5, 5.41) is 4.32. The Balaban J connectivity index is 2.18. The monoisotopic (exact) mass is 293 g/mol. The molecule has 0 spiro atoms. The number of aromatic nitrogens is 2. The number of likely N-dealkylation sites (N-methyl/N-ethyl adjacent to an activating group) is 1. The van der Waals surface area contributed by atoms with Crippen LogP contribution < -0.4 is 5.73 Å². The van der Waals surface area contributed by atoms with Gasteiger partial charge >= 0.3 is 0 Å². The van der Waals surface area contributed by atoms with Crippen LogP contribution in [0.15, 0.2) is 6.07 Å². The van der Waals surface area contributed by atoms with Gasteiger partial charge in [-0.1, -0.05) is 0 Å². The molecular formula is C14H23N5O2. The molecule has 21 heavy (non-hydrogen) atoms. The first-order valence-corrected chi connectivity index (χ1v) is 7.24. The molecule has 1 aromatic rings. The van der Waals surface area contributed by atoms with Crippen molar-refractivity contribution >= 4 is 11.8 Å². The zero-order valence-electron chi connectivity index (χ0n) is 12.9. The van der Waals surface area contributed by atoms with Gasteiger partial charge in [-0.3, -0.25) is 14.3 Å². The zero-order valence-corrected chi connectivity index (χ0v) is 12.9. The molecule has 1 aromatic heterocycles. The third-order valence-corrected chi connectivity index (χ3v) is 3.91. The minimum Gasteiger partial charge on any atom is -0.369 e. The Kier molecular flexibility index (Phi) is 4.62. The van der Waals surface area contributed by atoms with Crippen molar-refractivity contribution in [3.05, 3.63) is 17.5 Å². The second kappa shape index (κ2) is 6.26. The van der Waals surface area contributed by atoms with Crippen LogP contribution in [-0.4, -0.2) is 64.6 Å². The summed E-state index contributed by atoms with van der Waals surface area (Å²) < 4.78 is 1.79. The van der Waals surface area contributed by atoms with Gasteiger partial charge in [-0.2, -0.15) is 5.10 Å². The van der Waals surface area contributed by atoms with Crippen molar-refractivity contribution in [1.82, 2.24) is 19.6 Å². The summed E-state index contributed by atoms with van der Waals surface area (Å²) in [6, 6.07) is 1.79. The maximum absolute atomic E-state index is 12.6. The SMILES string of the molecule is CCn1nc(C(=O)N2CCN(C)C[C@H](C(N)=O)C2)cc1C. The quantitative estimate of drug-likeness (QED) is 0.829. The van der Waals surface area contributed by atoms with Crippen LogP contribution in [0.5, 0.6) is 0 Å². The molecular weight excluding hydrogens is 270 g/mol. The zero-order chi connectivity index (χ0) is 15.6. The first-order chi connectivity index (χ1) is 9.92. The van der Waals surface area contributed by atoms with E-state index in [1.807, 2.05) is 25.8 Å². The van der Waals surface area contributed by atoms with Gasteiger partial charge in [0.05, 0.1) is 5.92 Å². The summed E-state index contributed by atoms with van der Waals surface area (Å²) in [7, 11) is 1.93. The lowest BCUT2D eigenvalue weighted by Gasteiger charge is -2.21. The van der Waals surface area contributed by atoms with E-state index in [0.29, 0.717) is 25.3 Å². The molecule has 2 rings (SSSR count). The van der Waals surface area contributed by atoms with Gasteiger partial charge in [0.2, 0.25) is 5.91 Å². The van der Waals surface area contributed by atoms with Gasteiger partial charge in [-0.25, -0.2) is 0 Å². The highest BCUT2D eigenvalue weighted by Gasteiger charge is 2.29. The van der Waals surface area contributed by atoms with E-state index in [-0.39, 0.29) is 17.7 Å². The molecule has 0 aromatic carbocycles. The lowest BCUT2D eigenvalue weighted by Crippen LogP contribution is -2.40. The predicted molar refractivity (Wildman–Crippen MR) is 78.7 cm³/mol. The molecule has 7 heteroatoms. The van der Waals surface area contributed by atoms with Crippen molar-refractivity contribution in [2.45, 2.75) is 20.4 Å². The van der Waals surface area contributed by atoms with E-state index in [1.165, 1.54) is 0 Å². The summed E-state index contributed by atoms with van der Waals surface area (Å²) >= 11 is 0. The molecule has 1 saturated heterocycles. The Morgan fingerprint density at radius 2 is 2.10 bits per heavy atom. The summed E-state index contributed by atoms with van der Waals surface area (Å²) in [4.78, 5) is 27.8. The molecule has 0 aliphatic carbocycles. The first kappa shape index (κ1) is 15.5. The van der Waals surface area contributed by atoms with Gasteiger partial charge in [0.25, 0.3) is 5.91 Å². The number of aryl methyl sites for hydroxylation is 2. The van der Waals surface area contributed by atoms with Crippen molar-refractivity contribution in [1.29, 1.82) is 0 Å². The third-order valence-electron chi connectivity index (χ3n) is 3.91. The van der Waals surface area contributed by atoms with Crippen molar-refractivity contribution in [2.75, 3.05) is 33.2 Å². The van der Waals surface area contributed by atoms with Gasteiger partial charge in [0.1, 0.15) is 0 Å². The van der Waals surface area contributed by atoms with Crippen molar-refractivity contribution in [2.24, 2.45) is 11.7 Å². The molecule has 2 heterocycles. The Hall–Kier alpha value is -1.89. The van der Waals surface area contributed by atoms with Crippen LogP contribution in [0, 0.1) is 12.8 Å². The van der Waals surface area contributed by atoms with Crippen LogP contribution in [0.25, 0.3) is 0 Å². The summed E-state index contributed by atoms with van der Waals surface area (Å²) in [5.74, 6) is -0.834. The van der Waals surface area contributed by atoms with E-state index in [0.717, 1.165) is 18.8 Å². The highest BCUT2D eigenvalue weighted by Crippen LogP contribution is 2.13. The van der Waals surface area contributed by atoms with Gasteiger partial charge in [-0.05, 0) is 27.0 Å². The number of amides is 2. The van der Waals surface area contributed by atoms with E-state index in [2.05, 4.69) is 5.10 Å². The number of carbonyl (C=O) groups excluding carboxylic acids is 2. The molecule has 1 atom stereocenters. The summed E-state index contributed by atoms with van der Waals surface area (Å²) in [6.45, 7) is 6.89. The van der Waals surface area contributed by atoms with Crippen LogP contribution in [0.1, 0.15) is 23.1 Å². The minimum absolute atomic E-state index is 0.133. The average Bonchev–Trinajstić information content (AvgIpc) is 2.69. The lowest BCUT2D eigenvalue weighted by molar-refractivity contribution is -0.122. The number of nitrogens with zero attached hydrogens (tertiary/aromatic N) is 4. The van der Waals surface area contributed by atoms with E-state index in [9.17, 15) is 9.59 Å². The molecule has 116 valence electrons. The molecule has 0 radical (unpaired) electrons. The first-order valence-electron chi connectivity index (χ1n) is 7.24. The molecule has 0 unspecified atom stereocenters. The molecule has 1 aliphatic heterocycles. The summed E-state index contributed by atoms with van der Waals surface area (Å²) in [5.41, 5.74) is 6.82. The number of rotatable bonds is 3. The Labute approximate surface area is 124 Å². The van der Waals surface area contributed by atoms with Crippen LogP contribution in [0.3, 0.4) is 0 Å². The van der Waals surface area contributed by atoms with Crippen LogP contribution >= 0.6 is 0 Å². The van der Waals surface area contributed by atoms with Crippen molar-refractivity contribution < 1.29 is 9.59 Å². The number of nitrogens with two attached hydrogens (primary N) is 1. The largest absolute Gasteiger partial charge is 0.369 e. The van der Waals surface area contributed by atoms with Gasteiger partial charge in [0, 0.05) is 38.4 Å². The number of primary amides is 1. The van der Waals surface area contributed by atoms with Gasteiger partial charge < -0.3 is 15.5 Å². The van der Waals surface area contributed by atoms with Crippen molar-refractivity contribution in [3.63, 3.8) is 0 Å². The van der Waals surface area contributed by atoms with Crippen LogP contribution in [-0.2, 0) is 11.3 Å². The molecule has 0 bridgehead atoms. The van der Waals surface area contributed by atoms with E-state index in [4.69, 9.17) is 5.73 Å².